The minimum atomic E-state index is -1.32. The number of fused-ring (bicyclic) bond motifs is 1. The lowest BCUT2D eigenvalue weighted by Gasteiger charge is -2.36. The molecule has 125 valence electrons. The van der Waals surface area contributed by atoms with E-state index in [1.807, 2.05) is 6.92 Å². The number of anilines is 1. The summed E-state index contributed by atoms with van der Waals surface area (Å²) in [5, 5.41) is 21.0. The molecule has 3 rings (SSSR count). The molecule has 9 heteroatoms. The maximum Gasteiger partial charge on any atom is 0.222 e. The Kier molecular flexibility index (Phi) is 4.13. The first-order chi connectivity index (χ1) is 11.0. The first-order valence-electron chi connectivity index (χ1n) is 7.65. The molecule has 1 saturated carbocycles. The molecule has 1 aliphatic carbocycles. The van der Waals surface area contributed by atoms with Gasteiger partial charge < -0.3 is 25.3 Å². The topological polar surface area (TPSA) is 130 Å². The average Bonchev–Trinajstić information content (AvgIpc) is 3.06. The third-order valence-corrected chi connectivity index (χ3v) is 5.96. The number of rotatable bonds is 4. The molecule has 1 fully saturated rings. The largest absolute Gasteiger partial charge is 0.634 e. The number of aliphatic hydroxyl groups excluding tert-OH is 1. The SMILES string of the molecule is CC[C@@H]1[C@@H]([Si-]O)C[C@H](n2cnc3c(C)nc(N)nc32)[C@]1(O)CO. The van der Waals surface area contributed by atoms with Crippen molar-refractivity contribution in [1.82, 2.24) is 19.5 Å². The van der Waals surface area contributed by atoms with E-state index in [4.69, 9.17) is 5.73 Å². The second-order valence-corrected chi connectivity index (χ2v) is 7.14. The predicted octanol–water partition coefficient (Wildman–Crippen LogP) is -0.189. The van der Waals surface area contributed by atoms with Gasteiger partial charge in [-0.05, 0) is 12.8 Å². The average molecular weight is 335 g/mol. The molecule has 2 aromatic heterocycles. The summed E-state index contributed by atoms with van der Waals surface area (Å²) in [6, 6.07) is -0.416. The Morgan fingerprint density at radius 2 is 2.22 bits per heavy atom. The number of hydrogen-bond acceptors (Lipinski definition) is 7. The molecule has 1 aliphatic rings. The third-order valence-electron chi connectivity index (χ3n) is 4.99. The van der Waals surface area contributed by atoms with Gasteiger partial charge >= 0.3 is 0 Å². The van der Waals surface area contributed by atoms with Gasteiger partial charge in [-0.2, -0.15) is 10.5 Å². The number of nitrogens with zero attached hydrogens (tertiary/aromatic N) is 4. The number of aliphatic hydroxyl groups is 2. The molecule has 8 nitrogen and oxygen atoms in total. The molecule has 0 aromatic carbocycles. The van der Waals surface area contributed by atoms with Crippen molar-refractivity contribution in [2.45, 2.75) is 43.9 Å². The van der Waals surface area contributed by atoms with Crippen LogP contribution in [0.4, 0.5) is 5.95 Å². The van der Waals surface area contributed by atoms with E-state index < -0.39 is 11.6 Å². The minimum Gasteiger partial charge on any atom is -0.634 e. The van der Waals surface area contributed by atoms with Crippen LogP contribution in [0.2, 0.25) is 5.54 Å². The van der Waals surface area contributed by atoms with E-state index in [2.05, 4.69) is 15.0 Å². The molecule has 1 radical (unpaired) electrons. The summed E-state index contributed by atoms with van der Waals surface area (Å²) in [6.07, 6.45) is 2.83. The van der Waals surface area contributed by atoms with Gasteiger partial charge in [0, 0.05) is 0 Å². The van der Waals surface area contributed by atoms with Crippen molar-refractivity contribution < 1.29 is 15.0 Å². The lowest BCUT2D eigenvalue weighted by Crippen LogP contribution is -2.45. The maximum atomic E-state index is 11.1. The lowest BCUT2D eigenvalue weighted by atomic mass is 9.87. The fourth-order valence-electron chi connectivity index (χ4n) is 3.87. The smallest absolute Gasteiger partial charge is 0.222 e. The van der Waals surface area contributed by atoms with Crippen LogP contribution in [0, 0.1) is 12.8 Å². The van der Waals surface area contributed by atoms with Gasteiger partial charge in [-0.3, -0.25) is 9.76 Å². The summed E-state index contributed by atoms with van der Waals surface area (Å²) < 4.78 is 1.76. The van der Waals surface area contributed by atoms with Crippen LogP contribution in [0.25, 0.3) is 11.2 Å². The van der Waals surface area contributed by atoms with E-state index in [0.717, 1.165) is 0 Å². The quantitative estimate of drug-likeness (QED) is 0.570. The summed E-state index contributed by atoms with van der Waals surface area (Å²) in [5.41, 5.74) is 6.21. The molecule has 5 N–H and O–H groups in total. The van der Waals surface area contributed by atoms with Gasteiger partial charge in [-0.25, -0.2) is 9.97 Å². The van der Waals surface area contributed by atoms with Gasteiger partial charge in [0.1, 0.15) is 11.1 Å². The van der Waals surface area contributed by atoms with Crippen molar-refractivity contribution in [2.75, 3.05) is 12.3 Å². The van der Waals surface area contributed by atoms with Gasteiger partial charge in [0.05, 0.1) is 24.7 Å². The highest BCUT2D eigenvalue weighted by Gasteiger charge is 2.50. The number of nitrogen functional groups attached to an aromatic ring is 1. The molecule has 2 heterocycles. The van der Waals surface area contributed by atoms with Crippen LogP contribution in [-0.4, -0.2) is 56.5 Å². The van der Waals surface area contributed by atoms with Gasteiger partial charge in [-0.15, -0.1) is 0 Å². The molecule has 4 atom stereocenters. The van der Waals surface area contributed by atoms with Crippen LogP contribution < -0.4 is 5.73 Å². The first kappa shape index (κ1) is 16.3. The fourth-order valence-corrected chi connectivity index (χ4v) is 4.90. The Morgan fingerprint density at radius 3 is 2.83 bits per heavy atom. The lowest BCUT2D eigenvalue weighted by molar-refractivity contribution is -0.0727. The second kappa shape index (κ2) is 5.82. The Balaban J connectivity index is 2.14. The molecular formula is C14H21N5O3Si-. The van der Waals surface area contributed by atoms with E-state index in [0.29, 0.717) is 29.7 Å². The highest BCUT2D eigenvalue weighted by molar-refractivity contribution is 6.28. The molecule has 0 aliphatic heterocycles. The first-order valence-corrected chi connectivity index (χ1v) is 8.68. The Hall–Kier alpha value is -1.55. The zero-order valence-electron chi connectivity index (χ0n) is 13.1. The maximum absolute atomic E-state index is 11.1. The minimum absolute atomic E-state index is 0.0557. The summed E-state index contributed by atoms with van der Waals surface area (Å²) in [4.78, 5) is 22.4. The summed E-state index contributed by atoms with van der Waals surface area (Å²) >= 11 is 0. The molecular weight excluding hydrogens is 314 g/mol. The van der Waals surface area contributed by atoms with E-state index in [1.54, 1.807) is 17.8 Å². The third kappa shape index (κ3) is 2.35. The molecule has 0 saturated heterocycles. The summed E-state index contributed by atoms with van der Waals surface area (Å²) in [5.74, 6) is -0.0338. The normalized spacial score (nSPS) is 31.1. The number of nitrogens with two attached hydrogens (primary N) is 1. The van der Waals surface area contributed by atoms with E-state index in [1.165, 1.54) is 0 Å². The van der Waals surface area contributed by atoms with E-state index >= 15 is 0 Å². The van der Waals surface area contributed by atoms with Crippen molar-refractivity contribution in [1.29, 1.82) is 0 Å². The zero-order valence-corrected chi connectivity index (χ0v) is 14.1. The van der Waals surface area contributed by atoms with Crippen LogP contribution in [0.3, 0.4) is 0 Å². The van der Waals surface area contributed by atoms with Crippen molar-refractivity contribution in [3.63, 3.8) is 0 Å². The predicted molar refractivity (Wildman–Crippen MR) is 85.7 cm³/mol. The van der Waals surface area contributed by atoms with Crippen LogP contribution in [0.5, 0.6) is 0 Å². The molecule has 23 heavy (non-hydrogen) atoms. The van der Waals surface area contributed by atoms with Gasteiger partial charge in [0.25, 0.3) is 0 Å². The molecule has 2 aromatic rings. The number of aromatic nitrogens is 4. The van der Waals surface area contributed by atoms with Gasteiger partial charge in [-0.1, -0.05) is 19.8 Å². The van der Waals surface area contributed by atoms with Crippen LogP contribution >= 0.6 is 0 Å². The molecule has 0 unspecified atom stereocenters. The van der Waals surface area contributed by atoms with Crippen molar-refractivity contribution in [2.24, 2.45) is 5.92 Å². The van der Waals surface area contributed by atoms with Crippen LogP contribution in [-0.2, 0) is 0 Å². The molecule has 0 bridgehead atoms. The monoisotopic (exact) mass is 335 g/mol. The van der Waals surface area contributed by atoms with E-state index in [9.17, 15) is 15.0 Å². The number of imidazole rings is 1. The Labute approximate surface area is 136 Å². The van der Waals surface area contributed by atoms with Gasteiger partial charge in [0.2, 0.25) is 5.95 Å². The number of hydrogen-bond donors (Lipinski definition) is 4. The standard InChI is InChI=1S/C14H21N5O3Si/c1-3-8-9(23-22)4-10(14(8,21)5-20)19-6-16-11-7(2)17-13(15)18-12(11)19/h6,8-10,20-22H,3-5H2,1-2H3,(H2,15,17,18)/q-1/t8-,9+,10+,14+/m1/s1. The number of aryl methyl sites for hydroxylation is 1. The summed E-state index contributed by atoms with van der Waals surface area (Å²) in [6.45, 7) is 3.38. The fraction of sp³-hybridized carbons (Fsp3) is 0.643. The van der Waals surface area contributed by atoms with Crippen molar-refractivity contribution in [3.8, 4) is 0 Å². The van der Waals surface area contributed by atoms with Crippen molar-refractivity contribution >= 4 is 26.9 Å². The highest BCUT2D eigenvalue weighted by Crippen LogP contribution is 2.51. The Bertz CT molecular complexity index is 724. The molecule has 0 amide bonds. The van der Waals surface area contributed by atoms with E-state index in [-0.39, 0.29) is 33.8 Å². The highest BCUT2D eigenvalue weighted by atomic mass is 28.2. The van der Waals surface area contributed by atoms with Gasteiger partial charge in [0.15, 0.2) is 5.65 Å². The zero-order chi connectivity index (χ0) is 16.8. The van der Waals surface area contributed by atoms with Crippen LogP contribution in [0.15, 0.2) is 6.33 Å². The summed E-state index contributed by atoms with van der Waals surface area (Å²) in [7, 11) is -0.281. The second-order valence-electron chi connectivity index (χ2n) is 6.14. The van der Waals surface area contributed by atoms with Crippen molar-refractivity contribution in [3.05, 3.63) is 12.0 Å². The van der Waals surface area contributed by atoms with Crippen LogP contribution in [0.1, 0.15) is 31.5 Å². The molecule has 0 spiro atoms. The Morgan fingerprint density at radius 1 is 1.48 bits per heavy atom.